The molecule has 1 aromatic carbocycles. The molecule has 3 heterocycles. The average Bonchev–Trinajstić information content (AvgIpc) is 3.20. The van der Waals surface area contributed by atoms with E-state index in [1.807, 2.05) is 31.2 Å². The molecule has 9 heteroatoms. The molecule has 148 valence electrons. The summed E-state index contributed by atoms with van der Waals surface area (Å²) < 4.78 is 0. The van der Waals surface area contributed by atoms with Gasteiger partial charge in [-0.2, -0.15) is 0 Å². The number of amides is 2. The Morgan fingerprint density at radius 2 is 2.10 bits per heavy atom. The Hall–Kier alpha value is -3.20. The molecule has 0 saturated carbocycles. The topological polar surface area (TPSA) is 101 Å². The second-order valence-corrected chi connectivity index (χ2v) is 7.98. The van der Waals surface area contributed by atoms with Gasteiger partial charge < -0.3 is 10.2 Å². The van der Waals surface area contributed by atoms with Gasteiger partial charge in [-0.1, -0.05) is 23.5 Å². The number of piperidine rings is 1. The van der Waals surface area contributed by atoms with Crippen molar-refractivity contribution in [3.8, 4) is 10.6 Å². The second kappa shape index (κ2) is 8.44. The molecule has 4 rings (SSSR count). The molecule has 0 radical (unpaired) electrons. The maximum Gasteiger partial charge on any atom is 0.274 e. The fraction of sp³-hybridized carbons (Fsp3) is 0.300. The van der Waals surface area contributed by atoms with E-state index >= 15 is 0 Å². The lowest BCUT2D eigenvalue weighted by Crippen LogP contribution is -2.50. The van der Waals surface area contributed by atoms with Crippen LogP contribution in [-0.4, -0.2) is 49.5 Å². The highest BCUT2D eigenvalue weighted by atomic mass is 32.1. The summed E-state index contributed by atoms with van der Waals surface area (Å²) >= 11 is 1.50. The molecule has 1 unspecified atom stereocenters. The van der Waals surface area contributed by atoms with Gasteiger partial charge in [-0.05, 0) is 38.3 Å². The first kappa shape index (κ1) is 19.1. The molecule has 1 aliphatic heterocycles. The van der Waals surface area contributed by atoms with Gasteiger partial charge in [0.15, 0.2) is 0 Å². The number of hydrogen-bond acceptors (Lipinski definition) is 7. The molecule has 29 heavy (non-hydrogen) atoms. The minimum Gasteiger partial charge on any atom is -0.325 e. The number of hydrogen-bond donors (Lipinski definition) is 1. The van der Waals surface area contributed by atoms with E-state index in [2.05, 4.69) is 25.5 Å². The minimum atomic E-state index is -0.536. The summed E-state index contributed by atoms with van der Waals surface area (Å²) in [6.45, 7) is 2.43. The summed E-state index contributed by atoms with van der Waals surface area (Å²) in [4.78, 5) is 35.5. The summed E-state index contributed by atoms with van der Waals surface area (Å²) in [5.41, 5.74) is 1.81. The van der Waals surface area contributed by atoms with E-state index in [9.17, 15) is 9.59 Å². The second-order valence-electron chi connectivity index (χ2n) is 6.80. The molecule has 2 amide bonds. The van der Waals surface area contributed by atoms with Crippen LogP contribution in [0.2, 0.25) is 0 Å². The molecular formula is C20H20N6O2S. The van der Waals surface area contributed by atoms with Crippen molar-refractivity contribution in [1.29, 1.82) is 0 Å². The van der Waals surface area contributed by atoms with E-state index in [1.54, 1.807) is 4.90 Å². The van der Waals surface area contributed by atoms with E-state index in [0.29, 0.717) is 18.7 Å². The SMILES string of the molecule is Cc1nnc(-c2cccc(NC(=O)C3CCCCN3C(=O)c3cnccn3)c2)s1. The number of nitrogens with one attached hydrogen (secondary N) is 1. The quantitative estimate of drug-likeness (QED) is 0.712. The van der Waals surface area contributed by atoms with Gasteiger partial charge in [-0.25, -0.2) is 4.98 Å². The van der Waals surface area contributed by atoms with E-state index in [0.717, 1.165) is 28.4 Å². The third kappa shape index (κ3) is 4.29. The molecule has 0 aliphatic carbocycles. The number of aryl methyl sites for hydroxylation is 1. The van der Waals surface area contributed by atoms with Crippen molar-refractivity contribution in [1.82, 2.24) is 25.1 Å². The molecule has 2 aromatic heterocycles. The van der Waals surface area contributed by atoms with Gasteiger partial charge in [0.2, 0.25) is 5.91 Å². The lowest BCUT2D eigenvalue weighted by atomic mass is 10.0. The fourth-order valence-corrected chi connectivity index (χ4v) is 4.06. The first-order chi connectivity index (χ1) is 14.1. The third-order valence-corrected chi connectivity index (χ3v) is 5.64. The number of nitrogens with zero attached hydrogens (tertiary/aromatic N) is 5. The lowest BCUT2D eigenvalue weighted by Gasteiger charge is -2.34. The maximum absolute atomic E-state index is 13.0. The Morgan fingerprint density at radius 3 is 2.86 bits per heavy atom. The van der Waals surface area contributed by atoms with Crippen LogP contribution in [0.5, 0.6) is 0 Å². The van der Waals surface area contributed by atoms with Gasteiger partial charge in [-0.15, -0.1) is 10.2 Å². The standard InChI is InChI=1S/C20H20N6O2S/c1-13-24-25-19(29-13)14-5-4-6-15(11-14)23-18(27)17-7-2-3-10-26(17)20(28)16-12-21-8-9-22-16/h4-6,8-9,11-12,17H,2-3,7,10H2,1H3,(H,23,27). The Balaban J connectivity index is 1.51. The molecule has 0 spiro atoms. The number of aromatic nitrogens is 4. The van der Waals surface area contributed by atoms with Gasteiger partial charge in [-0.3, -0.25) is 14.6 Å². The molecule has 8 nitrogen and oxygen atoms in total. The van der Waals surface area contributed by atoms with Gasteiger partial charge in [0, 0.05) is 30.2 Å². The van der Waals surface area contributed by atoms with Crippen molar-refractivity contribution in [3.63, 3.8) is 0 Å². The fourth-order valence-electron chi connectivity index (χ4n) is 3.37. The zero-order valence-electron chi connectivity index (χ0n) is 15.9. The van der Waals surface area contributed by atoms with E-state index in [1.165, 1.54) is 29.9 Å². The number of carbonyl (C=O) groups is 2. The number of likely N-dealkylation sites (tertiary alicyclic amines) is 1. The van der Waals surface area contributed by atoms with Crippen molar-refractivity contribution in [3.05, 3.63) is 53.6 Å². The normalized spacial score (nSPS) is 16.4. The predicted octanol–water partition coefficient (Wildman–Crippen LogP) is 2.94. The summed E-state index contributed by atoms with van der Waals surface area (Å²) in [6.07, 6.45) is 6.80. The van der Waals surface area contributed by atoms with Crippen LogP contribution in [0.4, 0.5) is 5.69 Å². The highest BCUT2D eigenvalue weighted by Crippen LogP contribution is 2.26. The number of rotatable bonds is 4. The summed E-state index contributed by atoms with van der Waals surface area (Å²) in [7, 11) is 0. The Bertz CT molecular complexity index is 1020. The van der Waals surface area contributed by atoms with Crippen LogP contribution in [0, 0.1) is 6.92 Å². The summed E-state index contributed by atoms with van der Waals surface area (Å²) in [6, 6.07) is 6.96. The third-order valence-electron chi connectivity index (χ3n) is 4.75. The molecule has 1 N–H and O–H groups in total. The predicted molar refractivity (Wildman–Crippen MR) is 109 cm³/mol. The van der Waals surface area contributed by atoms with Gasteiger partial charge in [0.25, 0.3) is 5.91 Å². The van der Waals surface area contributed by atoms with Crippen LogP contribution in [-0.2, 0) is 4.79 Å². The Labute approximate surface area is 172 Å². The molecule has 1 aliphatic rings. The summed E-state index contributed by atoms with van der Waals surface area (Å²) in [5, 5.41) is 12.8. The Kier molecular flexibility index (Phi) is 5.57. The van der Waals surface area contributed by atoms with Crippen LogP contribution < -0.4 is 5.32 Å². The van der Waals surface area contributed by atoms with Crippen LogP contribution in [0.25, 0.3) is 10.6 Å². The number of benzene rings is 1. The zero-order valence-corrected chi connectivity index (χ0v) is 16.7. The van der Waals surface area contributed by atoms with E-state index in [4.69, 9.17) is 0 Å². The van der Waals surface area contributed by atoms with Crippen LogP contribution in [0.15, 0.2) is 42.9 Å². The monoisotopic (exact) mass is 408 g/mol. The van der Waals surface area contributed by atoms with Crippen molar-refractivity contribution in [2.75, 3.05) is 11.9 Å². The van der Waals surface area contributed by atoms with Crippen molar-refractivity contribution in [2.24, 2.45) is 0 Å². The smallest absolute Gasteiger partial charge is 0.274 e. The molecule has 1 fully saturated rings. The van der Waals surface area contributed by atoms with Crippen molar-refractivity contribution >= 4 is 28.8 Å². The molecule has 3 aromatic rings. The van der Waals surface area contributed by atoms with Gasteiger partial charge >= 0.3 is 0 Å². The highest BCUT2D eigenvalue weighted by molar-refractivity contribution is 7.14. The molecule has 1 atom stereocenters. The lowest BCUT2D eigenvalue weighted by molar-refractivity contribution is -0.121. The van der Waals surface area contributed by atoms with Crippen molar-refractivity contribution < 1.29 is 9.59 Å². The van der Waals surface area contributed by atoms with Crippen molar-refractivity contribution in [2.45, 2.75) is 32.2 Å². The number of anilines is 1. The summed E-state index contributed by atoms with van der Waals surface area (Å²) in [5.74, 6) is -0.469. The van der Waals surface area contributed by atoms with Gasteiger partial charge in [0.05, 0.1) is 6.20 Å². The maximum atomic E-state index is 13.0. The highest BCUT2D eigenvalue weighted by Gasteiger charge is 2.33. The first-order valence-corrected chi connectivity index (χ1v) is 10.2. The van der Waals surface area contributed by atoms with E-state index in [-0.39, 0.29) is 17.5 Å². The van der Waals surface area contributed by atoms with Crippen LogP contribution >= 0.6 is 11.3 Å². The van der Waals surface area contributed by atoms with Crippen LogP contribution in [0.1, 0.15) is 34.8 Å². The first-order valence-electron chi connectivity index (χ1n) is 9.40. The zero-order chi connectivity index (χ0) is 20.2. The number of carbonyl (C=O) groups excluding carboxylic acids is 2. The Morgan fingerprint density at radius 1 is 1.21 bits per heavy atom. The minimum absolute atomic E-state index is 0.201. The molecule has 0 bridgehead atoms. The molecule has 1 saturated heterocycles. The average molecular weight is 408 g/mol. The van der Waals surface area contributed by atoms with E-state index < -0.39 is 6.04 Å². The largest absolute Gasteiger partial charge is 0.325 e. The van der Waals surface area contributed by atoms with Gasteiger partial charge in [0.1, 0.15) is 21.8 Å². The molecular weight excluding hydrogens is 388 g/mol. The van der Waals surface area contributed by atoms with Crippen LogP contribution in [0.3, 0.4) is 0 Å².